The lowest BCUT2D eigenvalue weighted by Gasteiger charge is -1.87. The third-order valence-electron chi connectivity index (χ3n) is 0.744. The first-order valence-electron chi connectivity index (χ1n) is 2.98. The Morgan fingerprint density at radius 1 is 1.60 bits per heavy atom. The molecule has 0 aromatic heterocycles. The molecule has 0 fully saturated rings. The summed E-state index contributed by atoms with van der Waals surface area (Å²) in [6.45, 7) is 2.00. The first-order valence-corrected chi connectivity index (χ1v) is 5.53. The minimum atomic E-state index is -2.15. The van der Waals surface area contributed by atoms with Gasteiger partial charge in [0.15, 0.2) is 16.7 Å². The van der Waals surface area contributed by atoms with Gasteiger partial charge in [-0.15, -0.1) is 0 Å². The molecule has 0 saturated heterocycles. The Labute approximate surface area is 62.4 Å². The highest BCUT2D eigenvalue weighted by atomic mass is 31.1. The summed E-state index contributed by atoms with van der Waals surface area (Å²) in [5.41, 5.74) is 0. The van der Waals surface area contributed by atoms with Crippen molar-refractivity contribution >= 4 is 16.7 Å². The van der Waals surface area contributed by atoms with Gasteiger partial charge in [-0.2, -0.15) is 0 Å². The van der Waals surface area contributed by atoms with Crippen LogP contribution in [0.2, 0.25) is 0 Å². The standard InChI is InChI=1S/C4H11O2P.H3O2P/c1-2-3-4-7(5)6;1-3-2/h7H,2-4H2,1H3,(H,5,6);3H2,(H,1,2). The second-order valence-corrected chi connectivity index (χ2v) is 3.10. The van der Waals surface area contributed by atoms with Crippen molar-refractivity contribution in [3.05, 3.63) is 0 Å². The summed E-state index contributed by atoms with van der Waals surface area (Å²) in [4.78, 5) is 15.3. The van der Waals surface area contributed by atoms with E-state index < -0.39 is 16.7 Å². The zero-order valence-electron chi connectivity index (χ0n) is 5.91. The molecule has 2 unspecified atom stereocenters. The predicted molar refractivity (Wildman–Crippen MR) is 43.6 cm³/mol. The van der Waals surface area contributed by atoms with Gasteiger partial charge in [-0.1, -0.05) is 13.3 Å². The van der Waals surface area contributed by atoms with Crippen molar-refractivity contribution in [2.75, 3.05) is 6.16 Å². The van der Waals surface area contributed by atoms with E-state index in [0.29, 0.717) is 6.16 Å². The van der Waals surface area contributed by atoms with Gasteiger partial charge in [0.25, 0.3) is 0 Å². The van der Waals surface area contributed by atoms with E-state index in [1.54, 1.807) is 0 Å². The largest absolute Gasteiger partial charge is 0.348 e. The molecule has 2 atom stereocenters. The van der Waals surface area contributed by atoms with Crippen molar-refractivity contribution in [3.8, 4) is 0 Å². The molecule has 0 aliphatic heterocycles. The van der Waals surface area contributed by atoms with Crippen LogP contribution in [-0.2, 0) is 9.13 Å². The van der Waals surface area contributed by atoms with Crippen LogP contribution in [0.1, 0.15) is 19.8 Å². The molecule has 0 spiro atoms. The molecule has 0 rings (SSSR count). The molecule has 4 nitrogen and oxygen atoms in total. The molecule has 64 valence electrons. The molecule has 2 N–H and O–H groups in total. The summed E-state index contributed by atoms with van der Waals surface area (Å²) in [5.74, 6) is 0. The molecule has 0 aliphatic rings. The molecular formula is C4H14O4P2. The molecule has 0 radical (unpaired) electrons. The van der Waals surface area contributed by atoms with Crippen LogP contribution in [0.4, 0.5) is 0 Å². The minimum absolute atomic E-state index is 0.501. The number of hydrogen-bond donors (Lipinski definition) is 2. The lowest BCUT2D eigenvalue weighted by Crippen LogP contribution is -1.73. The van der Waals surface area contributed by atoms with E-state index in [0.717, 1.165) is 12.8 Å². The average Bonchev–Trinajstić information content (AvgIpc) is 1.85. The van der Waals surface area contributed by atoms with Crippen LogP contribution >= 0.6 is 16.7 Å². The lowest BCUT2D eigenvalue weighted by atomic mass is 10.4. The van der Waals surface area contributed by atoms with Gasteiger partial charge in [0, 0.05) is 6.16 Å². The highest BCUT2D eigenvalue weighted by Gasteiger charge is 1.87. The van der Waals surface area contributed by atoms with Crippen molar-refractivity contribution in [1.82, 2.24) is 0 Å². The zero-order chi connectivity index (χ0) is 8.41. The topological polar surface area (TPSA) is 74.6 Å². The number of hydrogen-bond acceptors (Lipinski definition) is 2. The van der Waals surface area contributed by atoms with Gasteiger partial charge in [0.2, 0.25) is 0 Å². The summed E-state index contributed by atoms with van der Waals surface area (Å²) in [7, 11) is -3.65. The van der Waals surface area contributed by atoms with Crippen LogP contribution in [0.3, 0.4) is 0 Å². The van der Waals surface area contributed by atoms with Gasteiger partial charge in [0.05, 0.1) is 0 Å². The van der Waals surface area contributed by atoms with Crippen LogP contribution in [-0.4, -0.2) is 15.9 Å². The van der Waals surface area contributed by atoms with Crippen LogP contribution in [0.5, 0.6) is 0 Å². The third kappa shape index (κ3) is 23.8. The van der Waals surface area contributed by atoms with E-state index in [1.165, 1.54) is 0 Å². The van der Waals surface area contributed by atoms with Crippen LogP contribution < -0.4 is 0 Å². The van der Waals surface area contributed by atoms with E-state index >= 15 is 0 Å². The van der Waals surface area contributed by atoms with Crippen molar-refractivity contribution in [3.63, 3.8) is 0 Å². The molecule has 0 aromatic carbocycles. The minimum Gasteiger partial charge on any atom is -0.348 e. The molecule has 0 amide bonds. The Kier molecular flexibility index (Phi) is 15.7. The molecule has 6 heteroatoms. The van der Waals surface area contributed by atoms with Crippen molar-refractivity contribution in [1.29, 1.82) is 0 Å². The first kappa shape index (κ1) is 13.0. The molecule has 0 saturated carbocycles. The van der Waals surface area contributed by atoms with Crippen molar-refractivity contribution in [2.45, 2.75) is 19.8 Å². The van der Waals surface area contributed by atoms with Gasteiger partial charge in [0.1, 0.15) is 0 Å². The zero-order valence-corrected chi connectivity index (χ0v) is 8.06. The number of unbranched alkanes of at least 4 members (excludes halogenated alkanes) is 1. The maximum Gasteiger partial charge on any atom is 0.189 e. The summed E-state index contributed by atoms with van der Waals surface area (Å²) in [6.07, 6.45) is 2.40. The Morgan fingerprint density at radius 2 is 2.00 bits per heavy atom. The predicted octanol–water partition coefficient (Wildman–Crippen LogP) is 0.903. The van der Waals surface area contributed by atoms with E-state index in [9.17, 15) is 4.57 Å². The highest BCUT2D eigenvalue weighted by molar-refractivity contribution is 7.37. The molecule has 0 aromatic rings. The van der Waals surface area contributed by atoms with Gasteiger partial charge in [-0.25, -0.2) is 0 Å². The second-order valence-electron chi connectivity index (χ2n) is 1.60. The summed E-state index contributed by atoms with van der Waals surface area (Å²) >= 11 is 0. The fourth-order valence-electron chi connectivity index (χ4n) is 0.328. The SMILES string of the molecule is CCCC[PH](=O)O.O=[PH2]O. The maximum atomic E-state index is 9.94. The third-order valence-corrected chi connectivity index (χ3v) is 1.53. The fourth-order valence-corrected chi connectivity index (χ4v) is 0.984. The highest BCUT2D eigenvalue weighted by Crippen LogP contribution is 2.13. The van der Waals surface area contributed by atoms with Crippen molar-refractivity contribution in [2.24, 2.45) is 0 Å². The lowest BCUT2D eigenvalue weighted by molar-refractivity contribution is 0.501. The van der Waals surface area contributed by atoms with Crippen LogP contribution in [0, 0.1) is 0 Å². The maximum absolute atomic E-state index is 9.94. The molecule has 0 aliphatic carbocycles. The summed E-state index contributed by atoms with van der Waals surface area (Å²) in [5, 5.41) is 0. The van der Waals surface area contributed by atoms with Crippen molar-refractivity contribution < 1.29 is 18.9 Å². The van der Waals surface area contributed by atoms with E-state index in [1.807, 2.05) is 6.92 Å². The van der Waals surface area contributed by atoms with E-state index in [4.69, 9.17) is 14.4 Å². The Hall–Kier alpha value is 0.380. The average molecular weight is 188 g/mol. The van der Waals surface area contributed by atoms with Crippen LogP contribution in [0.15, 0.2) is 0 Å². The van der Waals surface area contributed by atoms with Gasteiger partial charge in [-0.3, -0.25) is 9.13 Å². The monoisotopic (exact) mass is 188 g/mol. The van der Waals surface area contributed by atoms with Gasteiger partial charge >= 0.3 is 0 Å². The Balaban J connectivity index is 0. The molecule has 0 bridgehead atoms. The first-order chi connectivity index (χ1) is 4.68. The van der Waals surface area contributed by atoms with E-state index in [2.05, 4.69) is 0 Å². The Bertz CT molecular complexity index is 95.3. The summed E-state index contributed by atoms with van der Waals surface area (Å²) < 4.78 is 18.5. The quantitative estimate of drug-likeness (QED) is 0.645. The molecule has 10 heavy (non-hydrogen) atoms. The van der Waals surface area contributed by atoms with Crippen LogP contribution in [0.25, 0.3) is 0 Å². The molecule has 0 heterocycles. The fraction of sp³-hybridized carbons (Fsp3) is 1.00. The van der Waals surface area contributed by atoms with Gasteiger partial charge < -0.3 is 9.79 Å². The van der Waals surface area contributed by atoms with E-state index in [-0.39, 0.29) is 0 Å². The smallest absolute Gasteiger partial charge is 0.189 e. The summed E-state index contributed by atoms with van der Waals surface area (Å²) in [6, 6.07) is 0. The second kappa shape index (κ2) is 12.1. The number of rotatable bonds is 3. The Morgan fingerprint density at radius 3 is 2.10 bits per heavy atom. The normalized spacial score (nSPS) is 12.7. The van der Waals surface area contributed by atoms with Gasteiger partial charge in [-0.05, 0) is 6.42 Å². The molecular weight excluding hydrogens is 174 g/mol.